The second-order valence-electron chi connectivity index (χ2n) is 9.76. The number of nitrogens with zero attached hydrogens (tertiary/aromatic N) is 2. The Morgan fingerprint density at radius 3 is 2.45 bits per heavy atom. The molecule has 1 unspecified atom stereocenters. The quantitative estimate of drug-likeness (QED) is 0.441. The van der Waals surface area contributed by atoms with Crippen molar-refractivity contribution >= 4 is 15.5 Å². The highest BCUT2D eigenvalue weighted by atomic mass is 32.2. The van der Waals surface area contributed by atoms with Gasteiger partial charge < -0.3 is 9.74 Å². The number of hydrogen-bond donors (Lipinski definition) is 0. The van der Waals surface area contributed by atoms with Gasteiger partial charge in [0.25, 0.3) is 0 Å². The van der Waals surface area contributed by atoms with Crippen LogP contribution in [0.5, 0.6) is 0 Å². The van der Waals surface area contributed by atoms with Crippen LogP contribution in [0.15, 0.2) is 40.4 Å². The molecule has 6 heteroatoms. The molecule has 1 saturated heterocycles. The van der Waals surface area contributed by atoms with E-state index < -0.39 is 14.6 Å². The van der Waals surface area contributed by atoms with Gasteiger partial charge in [0.1, 0.15) is 5.60 Å². The molecule has 1 aliphatic heterocycles. The molecule has 2 rings (SSSR count). The van der Waals surface area contributed by atoms with Crippen LogP contribution in [-0.2, 0) is 14.7 Å². The lowest BCUT2D eigenvalue weighted by molar-refractivity contribution is -0.000555. The summed E-state index contributed by atoms with van der Waals surface area (Å²) in [6.07, 6.45) is 3.78. The molecule has 29 heavy (non-hydrogen) atoms. The summed E-state index contributed by atoms with van der Waals surface area (Å²) in [6.45, 7) is 14.7. The molecule has 0 amide bonds. The summed E-state index contributed by atoms with van der Waals surface area (Å²) in [5, 5.41) is 4.35. The molecule has 0 spiro atoms. The van der Waals surface area contributed by atoms with E-state index in [9.17, 15) is 8.42 Å². The maximum Gasteiger partial charge on any atom is 0.183 e. The topological polar surface area (TPSA) is 59.0 Å². The molecule has 0 aliphatic carbocycles. The van der Waals surface area contributed by atoms with E-state index >= 15 is 0 Å². The van der Waals surface area contributed by atoms with Crippen molar-refractivity contribution in [2.24, 2.45) is 11.1 Å². The van der Waals surface area contributed by atoms with Gasteiger partial charge in [0.2, 0.25) is 0 Å². The highest BCUT2D eigenvalue weighted by Gasteiger charge is 2.35. The van der Waals surface area contributed by atoms with Crippen LogP contribution in [0.2, 0.25) is 0 Å². The second-order valence-corrected chi connectivity index (χ2v) is 12.3. The van der Waals surface area contributed by atoms with E-state index in [0.717, 1.165) is 44.6 Å². The van der Waals surface area contributed by atoms with E-state index in [-0.39, 0.29) is 5.60 Å². The Kier molecular flexibility index (Phi) is 7.91. The number of oxime groups is 1. The minimum absolute atomic E-state index is 0.272. The van der Waals surface area contributed by atoms with E-state index in [0.29, 0.717) is 17.2 Å². The summed E-state index contributed by atoms with van der Waals surface area (Å²) in [4.78, 5) is 8.44. The molecule has 0 aromatic heterocycles. The molecule has 0 bridgehead atoms. The Morgan fingerprint density at radius 2 is 1.83 bits per heavy atom. The van der Waals surface area contributed by atoms with Crippen LogP contribution in [0.25, 0.3) is 0 Å². The lowest BCUT2D eigenvalue weighted by Gasteiger charge is -2.33. The maximum atomic E-state index is 13.0. The van der Waals surface area contributed by atoms with Crippen LogP contribution in [0.3, 0.4) is 0 Å². The van der Waals surface area contributed by atoms with Gasteiger partial charge in [-0.15, -0.1) is 0 Å². The lowest BCUT2D eigenvalue weighted by atomic mass is 9.93. The first-order valence-electron chi connectivity index (χ1n) is 10.7. The highest BCUT2D eigenvalue weighted by molar-refractivity contribution is 7.92. The van der Waals surface area contributed by atoms with Crippen LogP contribution in [0.1, 0.15) is 67.2 Å². The average molecular weight is 423 g/mol. The van der Waals surface area contributed by atoms with Crippen molar-refractivity contribution in [2.75, 3.05) is 19.6 Å². The third-order valence-electron chi connectivity index (χ3n) is 5.59. The fraction of sp³-hybridized carbons (Fsp3) is 0.696. The number of benzene rings is 1. The third kappa shape index (κ3) is 6.82. The Bertz CT molecular complexity index is 780. The fourth-order valence-electron chi connectivity index (χ4n) is 3.66. The molecule has 1 atom stereocenters. The third-order valence-corrected chi connectivity index (χ3v) is 8.15. The second kappa shape index (κ2) is 9.61. The Morgan fingerprint density at radius 1 is 1.17 bits per heavy atom. The summed E-state index contributed by atoms with van der Waals surface area (Å²) in [6, 6.07) is 8.78. The summed E-state index contributed by atoms with van der Waals surface area (Å²) in [7, 11) is -3.34. The molecule has 5 nitrogen and oxygen atoms in total. The largest absolute Gasteiger partial charge is 0.390 e. The van der Waals surface area contributed by atoms with Gasteiger partial charge in [-0.05, 0) is 92.4 Å². The Hall–Kier alpha value is -1.40. The molecule has 0 radical (unpaired) electrons. The van der Waals surface area contributed by atoms with Gasteiger partial charge >= 0.3 is 0 Å². The summed E-state index contributed by atoms with van der Waals surface area (Å²) >= 11 is 0. The number of piperidine rings is 1. The molecule has 1 aromatic rings. The molecule has 164 valence electrons. The molecule has 1 fully saturated rings. The highest BCUT2D eigenvalue weighted by Crippen LogP contribution is 2.30. The first kappa shape index (κ1) is 23.9. The standard InChI is InChI=1S/C23H38N2O3S/c1-19(24-28-22(2,3)4)20-12-10-16-25(18-20)17-11-15-23(5,6)29(26,27)21-13-8-7-9-14-21/h7-9,13-14,20H,10-12,15-18H2,1-6H3/b24-19+. The van der Waals surface area contributed by atoms with E-state index in [4.69, 9.17) is 4.84 Å². The van der Waals surface area contributed by atoms with Crippen LogP contribution in [-0.4, -0.2) is 49.0 Å². The fourth-order valence-corrected chi connectivity index (χ4v) is 5.23. The molecular formula is C23H38N2O3S. The van der Waals surface area contributed by atoms with Gasteiger partial charge in [-0.1, -0.05) is 23.4 Å². The van der Waals surface area contributed by atoms with Gasteiger partial charge in [0, 0.05) is 12.5 Å². The number of likely N-dealkylation sites (tertiary alicyclic amines) is 1. The van der Waals surface area contributed by atoms with Gasteiger partial charge in [-0.3, -0.25) is 0 Å². The van der Waals surface area contributed by atoms with Crippen LogP contribution >= 0.6 is 0 Å². The zero-order valence-corrected chi connectivity index (χ0v) is 19.8. The van der Waals surface area contributed by atoms with Crippen molar-refractivity contribution in [1.82, 2.24) is 4.90 Å². The molecule has 1 aliphatic rings. The number of rotatable bonds is 8. The normalized spacial score (nSPS) is 19.9. The number of sulfone groups is 1. The average Bonchev–Trinajstić information content (AvgIpc) is 2.66. The zero-order chi connectivity index (χ0) is 21.7. The van der Waals surface area contributed by atoms with Gasteiger partial charge in [-0.2, -0.15) is 0 Å². The van der Waals surface area contributed by atoms with Crippen molar-refractivity contribution in [2.45, 2.75) is 82.5 Å². The van der Waals surface area contributed by atoms with Crippen molar-refractivity contribution in [1.29, 1.82) is 0 Å². The van der Waals surface area contributed by atoms with Crippen LogP contribution in [0, 0.1) is 5.92 Å². The molecule has 0 N–H and O–H groups in total. The van der Waals surface area contributed by atoms with E-state index in [1.54, 1.807) is 24.3 Å². The predicted molar refractivity (Wildman–Crippen MR) is 120 cm³/mol. The molecule has 1 heterocycles. The van der Waals surface area contributed by atoms with Gasteiger partial charge in [-0.25, -0.2) is 8.42 Å². The first-order valence-corrected chi connectivity index (χ1v) is 12.2. The van der Waals surface area contributed by atoms with Crippen molar-refractivity contribution in [3.63, 3.8) is 0 Å². The number of hydrogen-bond acceptors (Lipinski definition) is 5. The first-order chi connectivity index (χ1) is 13.4. The molecule has 1 aromatic carbocycles. The van der Waals surface area contributed by atoms with Crippen molar-refractivity contribution in [3.05, 3.63) is 30.3 Å². The summed E-state index contributed by atoms with van der Waals surface area (Å²) in [5.41, 5.74) is 0.780. The van der Waals surface area contributed by atoms with E-state index in [2.05, 4.69) is 17.0 Å². The Balaban J connectivity index is 1.89. The van der Waals surface area contributed by atoms with E-state index in [1.165, 1.54) is 0 Å². The minimum atomic E-state index is -3.34. The summed E-state index contributed by atoms with van der Waals surface area (Å²) < 4.78 is 25.2. The van der Waals surface area contributed by atoms with Crippen LogP contribution < -0.4 is 0 Å². The van der Waals surface area contributed by atoms with Crippen molar-refractivity contribution < 1.29 is 13.3 Å². The molecule has 0 saturated carbocycles. The van der Waals surface area contributed by atoms with Crippen LogP contribution in [0.4, 0.5) is 0 Å². The minimum Gasteiger partial charge on any atom is -0.390 e. The van der Waals surface area contributed by atoms with E-state index in [1.807, 2.05) is 40.7 Å². The Labute approximate surface area is 177 Å². The maximum absolute atomic E-state index is 13.0. The zero-order valence-electron chi connectivity index (χ0n) is 18.9. The van der Waals surface area contributed by atoms with Gasteiger partial charge in [0.05, 0.1) is 15.4 Å². The SMILES string of the molecule is C/C(=N\OC(C)(C)C)C1CCCN(CCCC(C)(C)S(=O)(=O)c2ccccc2)C1. The lowest BCUT2D eigenvalue weighted by Crippen LogP contribution is -2.40. The summed E-state index contributed by atoms with van der Waals surface area (Å²) in [5.74, 6) is 0.409. The molecular weight excluding hydrogens is 384 g/mol. The van der Waals surface area contributed by atoms with Crippen molar-refractivity contribution in [3.8, 4) is 0 Å². The smallest absolute Gasteiger partial charge is 0.183 e. The monoisotopic (exact) mass is 422 g/mol. The van der Waals surface area contributed by atoms with Gasteiger partial charge in [0.15, 0.2) is 9.84 Å². The predicted octanol–water partition coefficient (Wildman–Crippen LogP) is 4.92.